The normalized spacial score (nSPS) is 26.9. The molecule has 0 aliphatic heterocycles. The highest BCUT2D eigenvalue weighted by atomic mass is 32.1. The first-order chi connectivity index (χ1) is 9.70. The van der Waals surface area contributed by atoms with Gasteiger partial charge in [0.2, 0.25) is 0 Å². The second-order valence-corrected chi connectivity index (χ2v) is 6.89. The molecule has 114 valence electrons. The van der Waals surface area contributed by atoms with Gasteiger partial charge in [-0.15, -0.1) is 11.3 Å². The number of aryl methyl sites for hydroxylation is 1. The lowest BCUT2D eigenvalue weighted by Crippen LogP contribution is -2.46. The summed E-state index contributed by atoms with van der Waals surface area (Å²) in [6, 6.07) is 0. The molecule has 1 aromatic heterocycles. The van der Waals surface area contributed by atoms with Crippen LogP contribution in [0.3, 0.4) is 0 Å². The first-order valence-electron chi connectivity index (χ1n) is 7.87. The van der Waals surface area contributed by atoms with Crippen molar-refractivity contribution in [3.8, 4) is 0 Å². The zero-order chi connectivity index (χ0) is 14.4. The van der Waals surface area contributed by atoms with Crippen LogP contribution in [0, 0.1) is 12.8 Å². The Labute approximate surface area is 127 Å². The Morgan fingerprint density at radius 3 is 2.75 bits per heavy atom. The van der Waals surface area contributed by atoms with Crippen LogP contribution in [0.25, 0.3) is 0 Å². The van der Waals surface area contributed by atoms with Crippen LogP contribution < -0.4 is 5.32 Å². The van der Waals surface area contributed by atoms with E-state index in [-0.39, 0.29) is 5.54 Å². The van der Waals surface area contributed by atoms with Crippen LogP contribution in [-0.4, -0.2) is 25.2 Å². The fourth-order valence-electron chi connectivity index (χ4n) is 3.30. The maximum absolute atomic E-state index is 5.20. The molecule has 1 N–H and O–H groups in total. The summed E-state index contributed by atoms with van der Waals surface area (Å²) in [5.41, 5.74) is 1.25. The number of nitrogens with one attached hydrogen (secondary N) is 1. The quantitative estimate of drug-likeness (QED) is 0.776. The van der Waals surface area contributed by atoms with Crippen molar-refractivity contribution in [1.82, 2.24) is 10.3 Å². The Bertz CT molecular complexity index is 397. The van der Waals surface area contributed by atoms with E-state index in [1.165, 1.54) is 43.5 Å². The van der Waals surface area contributed by atoms with E-state index in [2.05, 4.69) is 24.5 Å². The molecule has 0 amide bonds. The number of rotatable bonds is 7. The highest BCUT2D eigenvalue weighted by Gasteiger charge is 2.38. The van der Waals surface area contributed by atoms with Crippen molar-refractivity contribution in [1.29, 1.82) is 0 Å². The molecular formula is C16H28N2OS. The molecule has 1 saturated carbocycles. The van der Waals surface area contributed by atoms with Gasteiger partial charge in [-0.05, 0) is 38.5 Å². The Balaban J connectivity index is 2.06. The Hall–Kier alpha value is -0.450. The molecule has 0 aromatic carbocycles. The van der Waals surface area contributed by atoms with Gasteiger partial charge in [0.15, 0.2) is 0 Å². The summed E-state index contributed by atoms with van der Waals surface area (Å²) in [6.07, 6.45) is 7.78. The summed E-state index contributed by atoms with van der Waals surface area (Å²) in [4.78, 5) is 4.77. The van der Waals surface area contributed by atoms with Crippen molar-refractivity contribution in [2.24, 2.45) is 5.92 Å². The van der Waals surface area contributed by atoms with Gasteiger partial charge < -0.3 is 10.1 Å². The topological polar surface area (TPSA) is 34.1 Å². The molecule has 0 atom stereocenters. The monoisotopic (exact) mass is 296 g/mol. The lowest BCUT2D eigenvalue weighted by Gasteiger charge is -2.39. The van der Waals surface area contributed by atoms with Gasteiger partial charge in [0.05, 0.1) is 12.1 Å². The fraction of sp³-hybridized carbons (Fsp3) is 0.812. The first kappa shape index (κ1) is 15.9. The third-order valence-corrected chi connectivity index (χ3v) is 5.62. The molecule has 0 unspecified atom stereocenters. The van der Waals surface area contributed by atoms with E-state index in [0.29, 0.717) is 0 Å². The van der Waals surface area contributed by atoms with Crippen molar-refractivity contribution in [3.05, 3.63) is 16.1 Å². The van der Waals surface area contributed by atoms with Gasteiger partial charge in [0, 0.05) is 24.7 Å². The van der Waals surface area contributed by atoms with Crippen molar-refractivity contribution >= 4 is 11.3 Å². The molecule has 0 saturated heterocycles. The lowest BCUT2D eigenvalue weighted by atomic mass is 9.75. The van der Waals surface area contributed by atoms with Crippen molar-refractivity contribution < 1.29 is 4.74 Å². The maximum Gasteiger partial charge on any atom is 0.113 e. The van der Waals surface area contributed by atoms with Gasteiger partial charge in [-0.3, -0.25) is 0 Å². The second-order valence-electron chi connectivity index (χ2n) is 6.03. The van der Waals surface area contributed by atoms with E-state index in [4.69, 9.17) is 9.72 Å². The number of thiazole rings is 1. The van der Waals surface area contributed by atoms with Gasteiger partial charge in [-0.1, -0.05) is 19.8 Å². The second kappa shape index (κ2) is 7.53. The van der Waals surface area contributed by atoms with E-state index < -0.39 is 0 Å². The molecule has 1 aliphatic carbocycles. The Kier molecular flexibility index (Phi) is 6.00. The summed E-state index contributed by atoms with van der Waals surface area (Å²) in [6.45, 7) is 6.06. The molecule has 20 heavy (non-hydrogen) atoms. The van der Waals surface area contributed by atoms with Gasteiger partial charge in [-0.25, -0.2) is 4.98 Å². The SMILES string of the molecule is CCCC1CCC(NCCOC)(c2nc(C)cs2)CC1. The molecular weight excluding hydrogens is 268 g/mol. The van der Waals surface area contributed by atoms with Crippen molar-refractivity contribution in [3.63, 3.8) is 0 Å². The molecule has 1 aliphatic rings. The lowest BCUT2D eigenvalue weighted by molar-refractivity contribution is 0.148. The standard InChI is InChI=1S/C16H28N2OS/c1-4-5-14-6-8-16(9-7-14,17-10-11-19-3)15-18-13(2)12-20-15/h12,14,17H,4-11H2,1-3H3. The van der Waals surface area contributed by atoms with Crippen LogP contribution in [0.1, 0.15) is 56.2 Å². The zero-order valence-corrected chi connectivity index (χ0v) is 13.9. The van der Waals surface area contributed by atoms with Gasteiger partial charge in [-0.2, -0.15) is 0 Å². The summed E-state index contributed by atoms with van der Waals surface area (Å²) < 4.78 is 5.20. The molecule has 1 aromatic rings. The highest BCUT2D eigenvalue weighted by Crippen LogP contribution is 2.41. The number of ether oxygens (including phenoxy) is 1. The number of nitrogens with zero attached hydrogens (tertiary/aromatic N) is 1. The smallest absolute Gasteiger partial charge is 0.113 e. The molecule has 3 nitrogen and oxygen atoms in total. The van der Waals surface area contributed by atoms with Crippen LogP contribution in [0.4, 0.5) is 0 Å². The molecule has 0 radical (unpaired) electrons. The fourth-order valence-corrected chi connectivity index (χ4v) is 4.33. The number of hydrogen-bond donors (Lipinski definition) is 1. The van der Waals surface area contributed by atoms with E-state index in [9.17, 15) is 0 Å². The van der Waals surface area contributed by atoms with Gasteiger partial charge >= 0.3 is 0 Å². The van der Waals surface area contributed by atoms with Crippen LogP contribution in [-0.2, 0) is 10.3 Å². The number of aromatic nitrogens is 1. The van der Waals surface area contributed by atoms with Crippen LogP contribution in [0.5, 0.6) is 0 Å². The van der Waals surface area contributed by atoms with E-state index in [0.717, 1.165) is 24.8 Å². The predicted molar refractivity (Wildman–Crippen MR) is 85.3 cm³/mol. The van der Waals surface area contributed by atoms with Crippen molar-refractivity contribution in [2.45, 2.75) is 57.9 Å². The number of methoxy groups -OCH3 is 1. The van der Waals surface area contributed by atoms with Crippen LogP contribution in [0.2, 0.25) is 0 Å². The molecule has 1 fully saturated rings. The third-order valence-electron chi connectivity index (χ3n) is 4.45. The maximum atomic E-state index is 5.20. The molecule has 0 bridgehead atoms. The summed E-state index contributed by atoms with van der Waals surface area (Å²) in [5.74, 6) is 0.915. The average molecular weight is 296 g/mol. The van der Waals surface area contributed by atoms with Gasteiger partial charge in [0.1, 0.15) is 5.01 Å². The van der Waals surface area contributed by atoms with Crippen LogP contribution in [0.15, 0.2) is 5.38 Å². The number of hydrogen-bond acceptors (Lipinski definition) is 4. The Morgan fingerprint density at radius 1 is 1.45 bits per heavy atom. The van der Waals surface area contributed by atoms with Gasteiger partial charge in [0.25, 0.3) is 0 Å². The molecule has 1 heterocycles. The van der Waals surface area contributed by atoms with Crippen molar-refractivity contribution in [2.75, 3.05) is 20.3 Å². The minimum absolute atomic E-state index is 0.0989. The first-order valence-corrected chi connectivity index (χ1v) is 8.74. The summed E-state index contributed by atoms with van der Waals surface area (Å²) in [5, 5.41) is 7.20. The highest BCUT2D eigenvalue weighted by molar-refractivity contribution is 7.09. The zero-order valence-electron chi connectivity index (χ0n) is 13.1. The molecule has 4 heteroatoms. The average Bonchev–Trinajstić information content (AvgIpc) is 2.89. The largest absolute Gasteiger partial charge is 0.383 e. The molecule has 0 spiro atoms. The summed E-state index contributed by atoms with van der Waals surface area (Å²) >= 11 is 1.81. The minimum atomic E-state index is 0.0989. The van der Waals surface area contributed by atoms with E-state index in [1.54, 1.807) is 7.11 Å². The van der Waals surface area contributed by atoms with Crippen LogP contribution >= 0.6 is 11.3 Å². The molecule has 2 rings (SSSR count). The summed E-state index contributed by atoms with van der Waals surface area (Å²) in [7, 11) is 1.76. The van der Waals surface area contributed by atoms with E-state index >= 15 is 0 Å². The predicted octanol–water partition coefficient (Wildman–Crippen LogP) is 3.87. The minimum Gasteiger partial charge on any atom is -0.383 e. The Morgan fingerprint density at radius 2 is 2.20 bits per heavy atom. The van der Waals surface area contributed by atoms with E-state index in [1.807, 2.05) is 11.3 Å². The third kappa shape index (κ3) is 3.80.